The summed E-state index contributed by atoms with van der Waals surface area (Å²) >= 11 is 0. The van der Waals surface area contributed by atoms with Gasteiger partial charge in [-0.05, 0) is 13.0 Å². The molecule has 1 aliphatic heterocycles. The lowest BCUT2D eigenvalue weighted by molar-refractivity contribution is -0.159. The maximum absolute atomic E-state index is 11.4. The molecular formula is C14H27NO3. The maximum Gasteiger partial charge on any atom is 0.336 e. The maximum atomic E-state index is 11.4. The molecule has 1 unspecified atom stereocenters. The molecule has 0 aliphatic carbocycles. The Bertz CT molecular complexity index is 233. The third-order valence-electron chi connectivity index (χ3n) is 3.44. The van der Waals surface area contributed by atoms with Gasteiger partial charge >= 0.3 is 5.97 Å². The fourth-order valence-corrected chi connectivity index (χ4v) is 2.30. The highest BCUT2D eigenvalue weighted by atomic mass is 16.6. The number of hydrogen-bond donors (Lipinski definition) is 0. The average Bonchev–Trinajstić information content (AvgIpc) is 2.42. The van der Waals surface area contributed by atoms with Crippen LogP contribution in [0.2, 0.25) is 0 Å². The van der Waals surface area contributed by atoms with E-state index < -0.39 is 0 Å². The van der Waals surface area contributed by atoms with E-state index >= 15 is 0 Å². The number of methoxy groups -OCH3 is 1. The Labute approximate surface area is 111 Å². The molecule has 106 valence electrons. The Balaban J connectivity index is 2.09. The molecule has 1 rings (SSSR count). The Hall–Kier alpha value is -0.610. The number of ether oxygens (including phenoxy) is 2. The minimum Gasteiger partial charge on any atom is -0.467 e. The van der Waals surface area contributed by atoms with Gasteiger partial charge < -0.3 is 9.47 Å². The van der Waals surface area contributed by atoms with Gasteiger partial charge in [0, 0.05) is 13.1 Å². The van der Waals surface area contributed by atoms with Crippen molar-refractivity contribution >= 4 is 5.97 Å². The number of hydrogen-bond acceptors (Lipinski definition) is 4. The van der Waals surface area contributed by atoms with Crippen molar-refractivity contribution in [1.82, 2.24) is 4.90 Å². The summed E-state index contributed by atoms with van der Waals surface area (Å²) in [6.07, 6.45) is 7.46. The number of rotatable bonds is 8. The topological polar surface area (TPSA) is 38.8 Å². The third-order valence-corrected chi connectivity index (χ3v) is 3.44. The first-order chi connectivity index (χ1) is 8.77. The fraction of sp³-hybridized carbons (Fsp3) is 0.929. The molecular weight excluding hydrogens is 230 g/mol. The smallest absolute Gasteiger partial charge is 0.336 e. The monoisotopic (exact) mass is 257 g/mol. The van der Waals surface area contributed by atoms with Crippen molar-refractivity contribution in [3.8, 4) is 0 Å². The van der Waals surface area contributed by atoms with Crippen LogP contribution >= 0.6 is 0 Å². The van der Waals surface area contributed by atoms with Crippen LogP contribution in [0.3, 0.4) is 0 Å². The molecule has 4 heteroatoms. The summed E-state index contributed by atoms with van der Waals surface area (Å²) in [4.78, 5) is 13.7. The molecule has 1 aliphatic rings. The summed E-state index contributed by atoms with van der Waals surface area (Å²) in [6, 6.07) is 0. The third kappa shape index (κ3) is 5.83. The van der Waals surface area contributed by atoms with Crippen LogP contribution in [0.1, 0.15) is 45.4 Å². The Kier molecular flexibility index (Phi) is 8.01. The number of carbonyl (C=O) groups is 1. The zero-order valence-electron chi connectivity index (χ0n) is 11.8. The summed E-state index contributed by atoms with van der Waals surface area (Å²) in [5.74, 6) is -0.248. The number of nitrogens with zero attached hydrogens (tertiary/aromatic N) is 1. The normalized spacial score (nSPS) is 20.9. The molecule has 0 spiro atoms. The second kappa shape index (κ2) is 9.34. The van der Waals surface area contributed by atoms with Crippen LogP contribution in [0.5, 0.6) is 0 Å². The van der Waals surface area contributed by atoms with Crippen molar-refractivity contribution in [3.63, 3.8) is 0 Å². The molecule has 0 N–H and O–H groups in total. The van der Waals surface area contributed by atoms with Gasteiger partial charge in [0.05, 0.1) is 13.7 Å². The summed E-state index contributed by atoms with van der Waals surface area (Å²) in [5, 5.41) is 0. The lowest BCUT2D eigenvalue weighted by Gasteiger charge is -2.31. The van der Waals surface area contributed by atoms with Crippen molar-refractivity contribution in [2.45, 2.75) is 51.6 Å². The number of unbranched alkanes of at least 4 members (excludes halogenated alkanes) is 5. The second-order valence-electron chi connectivity index (χ2n) is 4.95. The van der Waals surface area contributed by atoms with Gasteiger partial charge in [0.1, 0.15) is 0 Å². The van der Waals surface area contributed by atoms with Crippen LogP contribution in [0, 0.1) is 0 Å². The first-order valence-electron chi connectivity index (χ1n) is 7.19. The van der Waals surface area contributed by atoms with Gasteiger partial charge in [-0.15, -0.1) is 0 Å². The predicted octanol–water partition coefficient (Wildman–Crippen LogP) is 2.22. The van der Waals surface area contributed by atoms with Gasteiger partial charge in [-0.25, -0.2) is 4.79 Å². The van der Waals surface area contributed by atoms with E-state index in [1.165, 1.54) is 45.6 Å². The Morgan fingerprint density at radius 3 is 2.72 bits per heavy atom. The quantitative estimate of drug-likeness (QED) is 0.494. The predicted molar refractivity (Wildman–Crippen MR) is 71.6 cm³/mol. The molecule has 1 fully saturated rings. The van der Waals surface area contributed by atoms with E-state index in [2.05, 4.69) is 11.8 Å². The number of morpholine rings is 1. The van der Waals surface area contributed by atoms with Gasteiger partial charge in [0.15, 0.2) is 6.10 Å². The molecule has 1 saturated heterocycles. The van der Waals surface area contributed by atoms with Crippen LogP contribution in [-0.4, -0.2) is 50.3 Å². The summed E-state index contributed by atoms with van der Waals surface area (Å²) < 4.78 is 10.1. The zero-order valence-corrected chi connectivity index (χ0v) is 11.8. The van der Waals surface area contributed by atoms with Gasteiger partial charge in [-0.3, -0.25) is 4.90 Å². The molecule has 0 radical (unpaired) electrons. The van der Waals surface area contributed by atoms with Crippen molar-refractivity contribution in [1.29, 1.82) is 0 Å². The van der Waals surface area contributed by atoms with Gasteiger partial charge in [0.2, 0.25) is 0 Å². The second-order valence-corrected chi connectivity index (χ2v) is 4.95. The first kappa shape index (κ1) is 15.4. The largest absolute Gasteiger partial charge is 0.467 e. The summed E-state index contributed by atoms with van der Waals surface area (Å²) in [6.45, 7) is 5.56. The van der Waals surface area contributed by atoms with Gasteiger partial charge in [-0.1, -0.05) is 39.0 Å². The lowest BCUT2D eigenvalue weighted by atomic mass is 10.1. The minimum atomic E-state index is -0.385. The summed E-state index contributed by atoms with van der Waals surface area (Å²) in [5.41, 5.74) is 0. The fourth-order valence-electron chi connectivity index (χ4n) is 2.30. The van der Waals surface area contributed by atoms with Crippen LogP contribution in [0.25, 0.3) is 0 Å². The molecule has 0 aromatic rings. The Morgan fingerprint density at radius 2 is 2.00 bits per heavy atom. The van der Waals surface area contributed by atoms with E-state index in [-0.39, 0.29) is 12.1 Å². The highest BCUT2D eigenvalue weighted by Gasteiger charge is 2.26. The van der Waals surface area contributed by atoms with Crippen LogP contribution in [0.4, 0.5) is 0 Å². The molecule has 4 nitrogen and oxygen atoms in total. The summed E-state index contributed by atoms with van der Waals surface area (Å²) in [7, 11) is 1.42. The van der Waals surface area contributed by atoms with Gasteiger partial charge in [-0.2, -0.15) is 0 Å². The van der Waals surface area contributed by atoms with Crippen molar-refractivity contribution in [2.24, 2.45) is 0 Å². The van der Waals surface area contributed by atoms with E-state index in [4.69, 9.17) is 9.47 Å². The number of carbonyl (C=O) groups excluding carboxylic acids is 1. The highest BCUT2D eigenvalue weighted by Crippen LogP contribution is 2.10. The Morgan fingerprint density at radius 1 is 1.28 bits per heavy atom. The van der Waals surface area contributed by atoms with E-state index in [9.17, 15) is 4.79 Å². The van der Waals surface area contributed by atoms with Gasteiger partial charge in [0.25, 0.3) is 0 Å². The van der Waals surface area contributed by atoms with Crippen molar-refractivity contribution in [2.75, 3.05) is 33.4 Å². The molecule has 0 aromatic carbocycles. The van der Waals surface area contributed by atoms with E-state index in [0.29, 0.717) is 13.2 Å². The molecule has 1 atom stereocenters. The molecule has 0 saturated carbocycles. The molecule has 0 aromatic heterocycles. The zero-order chi connectivity index (χ0) is 13.2. The SMILES string of the molecule is CCCCCCCCN1CCOC(C(=O)OC)C1. The minimum absolute atomic E-state index is 0.248. The van der Waals surface area contributed by atoms with Crippen LogP contribution < -0.4 is 0 Å². The van der Waals surface area contributed by atoms with Crippen molar-refractivity contribution in [3.05, 3.63) is 0 Å². The first-order valence-corrected chi connectivity index (χ1v) is 7.19. The molecule has 0 bridgehead atoms. The molecule has 1 heterocycles. The van der Waals surface area contributed by atoms with E-state index in [0.717, 1.165) is 13.1 Å². The van der Waals surface area contributed by atoms with E-state index in [1.54, 1.807) is 0 Å². The molecule has 0 amide bonds. The lowest BCUT2D eigenvalue weighted by Crippen LogP contribution is -2.46. The number of esters is 1. The average molecular weight is 257 g/mol. The van der Waals surface area contributed by atoms with E-state index in [1.807, 2.05) is 0 Å². The van der Waals surface area contributed by atoms with Crippen LogP contribution in [-0.2, 0) is 14.3 Å². The highest BCUT2D eigenvalue weighted by molar-refractivity contribution is 5.74. The standard InChI is InChI=1S/C14H27NO3/c1-3-4-5-6-7-8-9-15-10-11-18-13(12-15)14(16)17-2/h13H,3-12H2,1-2H3. The van der Waals surface area contributed by atoms with Crippen molar-refractivity contribution < 1.29 is 14.3 Å². The molecule has 18 heavy (non-hydrogen) atoms. The van der Waals surface area contributed by atoms with Crippen LogP contribution in [0.15, 0.2) is 0 Å².